The van der Waals surface area contributed by atoms with Crippen LogP contribution in [0.4, 0.5) is 5.82 Å². The summed E-state index contributed by atoms with van der Waals surface area (Å²) < 4.78 is 5.32. The van der Waals surface area contributed by atoms with Crippen molar-refractivity contribution >= 4 is 29.2 Å². The summed E-state index contributed by atoms with van der Waals surface area (Å²) in [6, 6.07) is 1.48. The Bertz CT molecular complexity index is 865. The van der Waals surface area contributed by atoms with Crippen molar-refractivity contribution in [2.45, 2.75) is 37.8 Å². The number of carbonyl (C=O) groups is 2. The standard InChI is InChI=1S/C16H17ClN6O3/c17-10-6-8(12(18)24)7-19-14(10)23-5-1-2-11(23)16-21-13(22-26-16)15(25)20-9-3-4-9/h6-7,9,11H,1-5H2,(H2,18,24)(H,20,25)/t11-/m1/s1. The Morgan fingerprint density at radius 3 is 2.85 bits per heavy atom. The van der Waals surface area contributed by atoms with E-state index in [-0.39, 0.29) is 29.4 Å². The molecule has 0 radical (unpaired) electrons. The molecule has 0 bridgehead atoms. The Balaban J connectivity index is 1.56. The quantitative estimate of drug-likeness (QED) is 0.808. The van der Waals surface area contributed by atoms with E-state index in [1.807, 2.05) is 4.90 Å². The maximum absolute atomic E-state index is 12.0. The minimum Gasteiger partial charge on any atom is -0.366 e. The van der Waals surface area contributed by atoms with E-state index < -0.39 is 5.91 Å². The predicted molar refractivity (Wildman–Crippen MR) is 91.9 cm³/mol. The van der Waals surface area contributed by atoms with Crippen LogP contribution in [0.2, 0.25) is 5.02 Å². The van der Waals surface area contributed by atoms with Crippen LogP contribution in [0.25, 0.3) is 0 Å². The van der Waals surface area contributed by atoms with E-state index in [9.17, 15) is 9.59 Å². The number of hydrogen-bond acceptors (Lipinski definition) is 7. The Hall–Kier alpha value is -2.68. The van der Waals surface area contributed by atoms with Gasteiger partial charge in [-0.1, -0.05) is 16.8 Å². The minimum absolute atomic E-state index is 0.0295. The molecule has 2 fully saturated rings. The normalized spacial score (nSPS) is 19.6. The number of halogens is 1. The van der Waals surface area contributed by atoms with Crippen molar-refractivity contribution in [3.63, 3.8) is 0 Å². The highest BCUT2D eigenvalue weighted by Gasteiger charge is 2.34. The molecule has 4 rings (SSSR count). The zero-order chi connectivity index (χ0) is 18.3. The third kappa shape index (κ3) is 3.22. The maximum atomic E-state index is 12.0. The second-order valence-corrected chi connectivity index (χ2v) is 6.86. The zero-order valence-electron chi connectivity index (χ0n) is 13.8. The van der Waals surface area contributed by atoms with E-state index in [1.54, 1.807) is 0 Å². The lowest BCUT2D eigenvalue weighted by Crippen LogP contribution is -2.27. The van der Waals surface area contributed by atoms with Crippen molar-refractivity contribution in [3.8, 4) is 0 Å². The van der Waals surface area contributed by atoms with Crippen molar-refractivity contribution in [1.29, 1.82) is 0 Å². The average molecular weight is 377 g/mol. The van der Waals surface area contributed by atoms with Crippen LogP contribution in [0.3, 0.4) is 0 Å². The highest BCUT2D eigenvalue weighted by Crippen LogP contribution is 2.37. The molecule has 1 aliphatic carbocycles. The number of rotatable bonds is 5. The predicted octanol–water partition coefficient (Wildman–Crippen LogP) is 1.45. The molecule has 2 aromatic rings. The largest absolute Gasteiger partial charge is 0.366 e. The van der Waals surface area contributed by atoms with Crippen molar-refractivity contribution < 1.29 is 14.1 Å². The summed E-state index contributed by atoms with van der Waals surface area (Å²) in [7, 11) is 0. The molecule has 10 heteroatoms. The van der Waals surface area contributed by atoms with Crippen LogP contribution >= 0.6 is 11.6 Å². The summed E-state index contributed by atoms with van der Waals surface area (Å²) in [5.74, 6) is -0.0234. The van der Waals surface area contributed by atoms with Gasteiger partial charge in [-0.25, -0.2) is 4.98 Å². The van der Waals surface area contributed by atoms with Gasteiger partial charge in [0.15, 0.2) is 0 Å². The lowest BCUT2D eigenvalue weighted by atomic mass is 10.2. The lowest BCUT2D eigenvalue weighted by Gasteiger charge is -2.23. The Kier molecular flexibility index (Phi) is 4.23. The molecule has 136 valence electrons. The second kappa shape index (κ2) is 6.56. The monoisotopic (exact) mass is 376 g/mol. The third-order valence-electron chi connectivity index (χ3n) is 4.47. The van der Waals surface area contributed by atoms with E-state index in [1.165, 1.54) is 12.3 Å². The van der Waals surface area contributed by atoms with Gasteiger partial charge in [0.2, 0.25) is 11.8 Å². The maximum Gasteiger partial charge on any atom is 0.292 e. The minimum atomic E-state index is -0.591. The molecular weight excluding hydrogens is 360 g/mol. The highest BCUT2D eigenvalue weighted by molar-refractivity contribution is 6.33. The van der Waals surface area contributed by atoms with Gasteiger partial charge in [-0.3, -0.25) is 9.59 Å². The highest BCUT2D eigenvalue weighted by atomic mass is 35.5. The molecule has 2 aliphatic rings. The van der Waals surface area contributed by atoms with Crippen LogP contribution in [0.15, 0.2) is 16.8 Å². The SMILES string of the molecule is NC(=O)c1cnc(N2CCC[C@@H]2c2nc(C(=O)NC3CC3)no2)c(Cl)c1. The van der Waals surface area contributed by atoms with Crippen molar-refractivity contribution in [1.82, 2.24) is 20.4 Å². The first kappa shape index (κ1) is 16.8. The molecule has 1 saturated heterocycles. The van der Waals surface area contributed by atoms with Crippen LogP contribution in [-0.2, 0) is 0 Å². The molecule has 0 spiro atoms. The van der Waals surface area contributed by atoms with Gasteiger partial charge < -0.3 is 20.5 Å². The van der Waals surface area contributed by atoms with Crippen molar-refractivity contribution in [3.05, 3.63) is 34.6 Å². The fourth-order valence-corrected chi connectivity index (χ4v) is 3.27. The van der Waals surface area contributed by atoms with E-state index in [2.05, 4.69) is 20.4 Å². The van der Waals surface area contributed by atoms with E-state index in [4.69, 9.17) is 21.9 Å². The van der Waals surface area contributed by atoms with Crippen LogP contribution < -0.4 is 16.0 Å². The molecule has 1 atom stereocenters. The number of nitrogens with zero attached hydrogens (tertiary/aromatic N) is 4. The van der Waals surface area contributed by atoms with Gasteiger partial charge in [-0.05, 0) is 31.7 Å². The topological polar surface area (TPSA) is 127 Å². The summed E-state index contributed by atoms with van der Waals surface area (Å²) in [5, 5.41) is 6.94. The molecule has 1 saturated carbocycles. The van der Waals surface area contributed by atoms with E-state index in [0.29, 0.717) is 23.3 Å². The fraction of sp³-hybridized carbons (Fsp3) is 0.438. The van der Waals surface area contributed by atoms with Gasteiger partial charge in [-0.15, -0.1) is 0 Å². The van der Waals surface area contributed by atoms with Crippen LogP contribution in [-0.4, -0.2) is 39.5 Å². The van der Waals surface area contributed by atoms with Crippen molar-refractivity contribution in [2.75, 3.05) is 11.4 Å². The molecule has 2 aromatic heterocycles. The number of nitrogens with one attached hydrogen (secondary N) is 1. The zero-order valence-corrected chi connectivity index (χ0v) is 14.6. The van der Waals surface area contributed by atoms with Crippen LogP contribution in [0, 0.1) is 0 Å². The van der Waals surface area contributed by atoms with Gasteiger partial charge in [0.05, 0.1) is 10.6 Å². The first-order chi connectivity index (χ1) is 12.5. The number of aromatic nitrogens is 3. The molecule has 9 nitrogen and oxygen atoms in total. The van der Waals surface area contributed by atoms with Gasteiger partial charge in [-0.2, -0.15) is 4.98 Å². The summed E-state index contributed by atoms with van der Waals surface area (Å²) in [6.07, 6.45) is 5.01. The third-order valence-corrected chi connectivity index (χ3v) is 4.75. The summed E-state index contributed by atoms with van der Waals surface area (Å²) in [6.45, 7) is 0.694. The van der Waals surface area contributed by atoms with Gasteiger partial charge in [0, 0.05) is 18.8 Å². The molecule has 3 heterocycles. The number of primary amides is 1. The average Bonchev–Trinajstić information content (AvgIpc) is 3.11. The number of pyridine rings is 1. The Morgan fingerprint density at radius 2 is 2.15 bits per heavy atom. The Morgan fingerprint density at radius 1 is 1.35 bits per heavy atom. The number of amides is 2. The summed E-state index contributed by atoms with van der Waals surface area (Å²) in [5.41, 5.74) is 5.49. The molecule has 0 unspecified atom stereocenters. The lowest BCUT2D eigenvalue weighted by molar-refractivity contribution is 0.0936. The Labute approximate surface area is 153 Å². The smallest absolute Gasteiger partial charge is 0.292 e. The number of carbonyl (C=O) groups excluding carboxylic acids is 2. The molecule has 1 aliphatic heterocycles. The molecule has 0 aromatic carbocycles. The van der Waals surface area contributed by atoms with Gasteiger partial charge in [0.25, 0.3) is 11.7 Å². The van der Waals surface area contributed by atoms with Crippen molar-refractivity contribution in [2.24, 2.45) is 5.73 Å². The molecule has 2 amide bonds. The van der Waals surface area contributed by atoms with E-state index in [0.717, 1.165) is 25.7 Å². The van der Waals surface area contributed by atoms with Crippen LogP contribution in [0.1, 0.15) is 58.6 Å². The molecular formula is C16H17ClN6O3. The second-order valence-electron chi connectivity index (χ2n) is 6.45. The number of anilines is 1. The van der Waals surface area contributed by atoms with E-state index >= 15 is 0 Å². The fourth-order valence-electron chi connectivity index (χ4n) is 2.99. The van der Waals surface area contributed by atoms with Gasteiger partial charge >= 0.3 is 0 Å². The number of hydrogen-bond donors (Lipinski definition) is 2. The summed E-state index contributed by atoms with van der Waals surface area (Å²) in [4.78, 5) is 33.8. The first-order valence-electron chi connectivity index (χ1n) is 8.39. The molecule has 3 N–H and O–H groups in total. The summed E-state index contributed by atoms with van der Waals surface area (Å²) >= 11 is 6.28. The van der Waals surface area contributed by atoms with Crippen LogP contribution in [0.5, 0.6) is 0 Å². The molecule has 26 heavy (non-hydrogen) atoms. The first-order valence-corrected chi connectivity index (χ1v) is 8.77. The van der Waals surface area contributed by atoms with Gasteiger partial charge in [0.1, 0.15) is 11.9 Å². The number of nitrogens with two attached hydrogens (primary N) is 1.